The Labute approximate surface area is 183 Å². The minimum Gasteiger partial charge on any atom is -0.508 e. The summed E-state index contributed by atoms with van der Waals surface area (Å²) in [7, 11) is 1.38. The molecule has 6 atom stereocenters. The number of carbonyl (C=O) groups excluding carboxylic acids is 1. The van der Waals surface area contributed by atoms with Crippen LogP contribution in [0.1, 0.15) is 28.4 Å². The molecule has 0 spiro atoms. The van der Waals surface area contributed by atoms with E-state index in [4.69, 9.17) is 18.9 Å². The smallest absolute Gasteiger partial charge is 0.229 e. The molecule has 2 aromatic rings. The zero-order chi connectivity index (χ0) is 23.0. The van der Waals surface area contributed by atoms with Gasteiger partial charge in [0.15, 0.2) is 5.78 Å². The Hall–Kier alpha value is -2.89. The fourth-order valence-electron chi connectivity index (χ4n) is 3.80. The Balaban J connectivity index is 1.62. The summed E-state index contributed by atoms with van der Waals surface area (Å²) in [6.45, 7) is -0.593. The monoisotopic (exact) mass is 448 g/mol. The number of benzene rings is 2. The Morgan fingerprint density at radius 3 is 2.44 bits per heavy atom. The third kappa shape index (κ3) is 4.10. The minimum atomic E-state index is -1.60. The summed E-state index contributed by atoms with van der Waals surface area (Å²) in [5, 5.41) is 49.0. The average molecular weight is 448 g/mol. The molecular weight excluding hydrogens is 424 g/mol. The molecule has 2 aliphatic heterocycles. The van der Waals surface area contributed by atoms with Crippen LogP contribution >= 0.6 is 0 Å². The number of ether oxygens (including phenoxy) is 4. The molecule has 0 radical (unpaired) electrons. The molecule has 0 amide bonds. The summed E-state index contributed by atoms with van der Waals surface area (Å²) < 4.78 is 22.4. The number of hydrogen-bond acceptors (Lipinski definition) is 10. The van der Waals surface area contributed by atoms with Crippen molar-refractivity contribution in [2.24, 2.45) is 0 Å². The predicted molar refractivity (Wildman–Crippen MR) is 108 cm³/mol. The van der Waals surface area contributed by atoms with Crippen LogP contribution in [0.4, 0.5) is 0 Å². The fraction of sp³-hybridized carbons (Fsp3) is 0.409. The van der Waals surface area contributed by atoms with Gasteiger partial charge in [0, 0.05) is 12.1 Å². The zero-order valence-electron chi connectivity index (χ0n) is 17.1. The molecule has 10 heteroatoms. The average Bonchev–Trinajstić information content (AvgIpc) is 2.79. The molecule has 2 aromatic carbocycles. The number of Topliss-reactive ketones (excluding diaryl/α,β-unsaturated/α-hetero) is 1. The molecule has 172 valence electrons. The lowest BCUT2D eigenvalue weighted by Crippen LogP contribution is -2.60. The second-order valence-corrected chi connectivity index (χ2v) is 7.64. The van der Waals surface area contributed by atoms with E-state index >= 15 is 0 Å². The van der Waals surface area contributed by atoms with Crippen LogP contribution in [0.15, 0.2) is 36.4 Å². The third-order valence-corrected chi connectivity index (χ3v) is 5.54. The minimum absolute atomic E-state index is 0.0705. The van der Waals surface area contributed by atoms with Gasteiger partial charge in [-0.3, -0.25) is 4.79 Å². The lowest BCUT2D eigenvalue weighted by molar-refractivity contribution is -0.277. The molecule has 2 aliphatic rings. The van der Waals surface area contributed by atoms with Gasteiger partial charge >= 0.3 is 0 Å². The number of hydrogen-bond donors (Lipinski definition) is 5. The molecular formula is C22H24O10. The predicted octanol–water partition coefficient (Wildman–Crippen LogP) is 0.286. The molecule has 0 unspecified atom stereocenters. The summed E-state index contributed by atoms with van der Waals surface area (Å²) >= 11 is 0. The molecule has 0 bridgehead atoms. The Morgan fingerprint density at radius 1 is 1.06 bits per heavy atom. The molecule has 10 nitrogen and oxygen atoms in total. The Morgan fingerprint density at radius 2 is 1.78 bits per heavy atom. The molecule has 5 N–H and O–H groups in total. The molecule has 0 aliphatic carbocycles. The quantitative estimate of drug-likeness (QED) is 0.431. The van der Waals surface area contributed by atoms with Crippen molar-refractivity contribution in [1.82, 2.24) is 0 Å². The van der Waals surface area contributed by atoms with Crippen LogP contribution in [-0.4, -0.2) is 75.7 Å². The highest BCUT2D eigenvalue weighted by atomic mass is 16.7. The molecule has 1 saturated heterocycles. The number of carbonyl (C=O) groups is 1. The van der Waals surface area contributed by atoms with Crippen molar-refractivity contribution in [2.45, 2.75) is 43.2 Å². The summed E-state index contributed by atoms with van der Waals surface area (Å²) in [4.78, 5) is 12.8. The molecule has 0 aromatic heterocycles. The summed E-state index contributed by atoms with van der Waals surface area (Å²) in [5.74, 6) is 0.382. The molecule has 0 saturated carbocycles. The number of phenolic OH excluding ortho intramolecular Hbond substituents is 1. The summed E-state index contributed by atoms with van der Waals surface area (Å²) in [5.41, 5.74) is 0.935. The zero-order valence-corrected chi connectivity index (χ0v) is 17.1. The lowest BCUT2D eigenvalue weighted by Gasteiger charge is -2.39. The number of rotatable bonds is 5. The van der Waals surface area contributed by atoms with Gasteiger partial charge in [0.25, 0.3) is 0 Å². The van der Waals surface area contributed by atoms with Crippen molar-refractivity contribution in [1.29, 1.82) is 0 Å². The van der Waals surface area contributed by atoms with Gasteiger partial charge in [0.1, 0.15) is 59.1 Å². The van der Waals surface area contributed by atoms with Crippen molar-refractivity contribution < 1.29 is 49.3 Å². The molecule has 2 heterocycles. The van der Waals surface area contributed by atoms with Gasteiger partial charge in [-0.25, -0.2) is 0 Å². The molecule has 1 fully saturated rings. The highest BCUT2D eigenvalue weighted by molar-refractivity contribution is 6.02. The van der Waals surface area contributed by atoms with Gasteiger partial charge in [0.2, 0.25) is 6.29 Å². The van der Waals surface area contributed by atoms with Crippen molar-refractivity contribution >= 4 is 5.78 Å². The second kappa shape index (κ2) is 8.93. The van der Waals surface area contributed by atoms with Gasteiger partial charge in [-0.2, -0.15) is 0 Å². The first-order valence-electron chi connectivity index (χ1n) is 10.0. The first-order valence-corrected chi connectivity index (χ1v) is 10.0. The van der Waals surface area contributed by atoms with Crippen LogP contribution in [0.25, 0.3) is 0 Å². The largest absolute Gasteiger partial charge is 0.508 e. The van der Waals surface area contributed by atoms with Crippen molar-refractivity contribution in [3.05, 3.63) is 47.5 Å². The van der Waals surface area contributed by atoms with Gasteiger partial charge in [-0.1, -0.05) is 12.1 Å². The van der Waals surface area contributed by atoms with E-state index in [9.17, 15) is 30.3 Å². The van der Waals surface area contributed by atoms with Crippen molar-refractivity contribution in [3.63, 3.8) is 0 Å². The summed E-state index contributed by atoms with van der Waals surface area (Å²) in [6.07, 6.45) is -7.76. The first kappa shape index (κ1) is 22.3. The number of aliphatic hydroxyl groups is 4. The van der Waals surface area contributed by atoms with Crippen LogP contribution in [0.2, 0.25) is 0 Å². The fourth-order valence-corrected chi connectivity index (χ4v) is 3.80. The van der Waals surface area contributed by atoms with E-state index in [0.29, 0.717) is 5.56 Å². The third-order valence-electron chi connectivity index (χ3n) is 5.54. The van der Waals surface area contributed by atoms with Crippen LogP contribution < -0.4 is 14.2 Å². The Bertz CT molecular complexity index is 973. The summed E-state index contributed by atoms with van der Waals surface area (Å²) in [6, 6.07) is 9.16. The molecule has 4 rings (SSSR count). The topological polar surface area (TPSA) is 155 Å². The van der Waals surface area contributed by atoms with Crippen LogP contribution in [0.5, 0.6) is 23.0 Å². The van der Waals surface area contributed by atoms with Gasteiger partial charge < -0.3 is 44.5 Å². The number of phenols is 1. The number of aliphatic hydroxyl groups excluding tert-OH is 4. The van der Waals surface area contributed by atoms with E-state index < -0.39 is 43.4 Å². The van der Waals surface area contributed by atoms with Crippen molar-refractivity contribution in [3.8, 4) is 23.0 Å². The van der Waals surface area contributed by atoms with Gasteiger partial charge in [-0.05, 0) is 17.7 Å². The van der Waals surface area contributed by atoms with Crippen molar-refractivity contribution in [2.75, 3.05) is 13.7 Å². The lowest BCUT2D eigenvalue weighted by atomic mass is 9.95. The van der Waals surface area contributed by atoms with E-state index in [2.05, 4.69) is 0 Å². The Kier molecular flexibility index (Phi) is 6.22. The maximum Gasteiger partial charge on any atom is 0.229 e. The number of fused-ring (bicyclic) bond motifs is 1. The molecule has 32 heavy (non-hydrogen) atoms. The highest BCUT2D eigenvalue weighted by Crippen LogP contribution is 2.43. The van der Waals surface area contributed by atoms with Crippen LogP contribution in [0, 0.1) is 0 Å². The van der Waals surface area contributed by atoms with E-state index in [-0.39, 0.29) is 40.8 Å². The van der Waals surface area contributed by atoms with Gasteiger partial charge in [-0.15, -0.1) is 0 Å². The highest BCUT2D eigenvalue weighted by Gasteiger charge is 2.45. The number of ketones is 1. The normalized spacial score (nSPS) is 29.7. The van der Waals surface area contributed by atoms with E-state index in [1.165, 1.54) is 31.4 Å². The van der Waals surface area contributed by atoms with E-state index in [0.717, 1.165) is 0 Å². The van der Waals surface area contributed by atoms with Crippen LogP contribution in [0.3, 0.4) is 0 Å². The second-order valence-electron chi connectivity index (χ2n) is 7.64. The SMILES string of the molecule is COc1cc(O[C@@H]2O[C@@H](CO)[C@@H](O)[C@H](O)[C@H]2O)cc2c1C(=O)C[C@@H](c1ccc(O)cc1)O2. The van der Waals surface area contributed by atoms with E-state index in [1.807, 2.05) is 0 Å². The maximum atomic E-state index is 12.8. The maximum absolute atomic E-state index is 12.8. The number of methoxy groups -OCH3 is 1. The van der Waals surface area contributed by atoms with Crippen LogP contribution in [-0.2, 0) is 4.74 Å². The van der Waals surface area contributed by atoms with E-state index in [1.54, 1.807) is 12.1 Å². The standard InChI is InChI=1S/C22H24O10/c1-29-15-6-12(30-22-21(28)20(27)19(26)17(9-23)32-22)7-16-18(15)13(25)8-14(31-16)10-2-4-11(24)5-3-10/h2-7,14,17,19-24,26-28H,8-9H2,1H3/t14-,17-,19+,20-,21+,22+/m0/s1. The number of aromatic hydroxyl groups is 1. The van der Waals surface area contributed by atoms with Gasteiger partial charge in [0.05, 0.1) is 20.1 Å². The first-order chi connectivity index (χ1) is 15.3.